The summed E-state index contributed by atoms with van der Waals surface area (Å²) in [6, 6.07) is 16.8. The molecular weight excluding hydrogens is 370 g/mol. The Labute approximate surface area is 166 Å². The van der Waals surface area contributed by atoms with Crippen molar-refractivity contribution in [2.75, 3.05) is 5.75 Å². The van der Waals surface area contributed by atoms with Gasteiger partial charge in [0.05, 0.1) is 28.0 Å². The number of Topliss-reactive ketones (excluding diaryl/α,β-unsaturated/α-hetero) is 1. The smallest absolute Gasteiger partial charge is 0.266 e. The average molecular weight is 389 g/mol. The minimum atomic E-state index is -0.132. The van der Waals surface area contributed by atoms with E-state index in [1.165, 1.54) is 11.8 Å². The lowest BCUT2D eigenvalue weighted by molar-refractivity contribution is 0.101. The molecule has 140 valence electrons. The molecule has 1 N–H and O–H groups in total. The number of aromatic nitrogens is 3. The summed E-state index contributed by atoms with van der Waals surface area (Å²) >= 11 is 1.27. The van der Waals surface area contributed by atoms with E-state index < -0.39 is 0 Å². The van der Waals surface area contributed by atoms with Gasteiger partial charge in [0.2, 0.25) is 0 Å². The second-order valence-electron chi connectivity index (χ2n) is 6.64. The number of carbonyl (C=O) groups is 1. The summed E-state index contributed by atoms with van der Waals surface area (Å²) in [4.78, 5) is 33.3. The first-order chi connectivity index (χ1) is 13.5. The van der Waals surface area contributed by atoms with Gasteiger partial charge in [-0.05, 0) is 49.7 Å². The molecule has 0 aliphatic carbocycles. The topological polar surface area (TPSA) is 67.8 Å². The highest BCUT2D eigenvalue weighted by molar-refractivity contribution is 7.99. The minimum Gasteiger partial charge on any atom is -0.359 e. The van der Waals surface area contributed by atoms with Crippen LogP contribution in [0.5, 0.6) is 0 Å². The quantitative estimate of drug-likeness (QED) is 0.314. The average Bonchev–Trinajstić information content (AvgIpc) is 3.22. The number of thioether (sulfide) groups is 1. The molecule has 0 atom stereocenters. The van der Waals surface area contributed by atoms with Crippen molar-refractivity contribution < 1.29 is 4.79 Å². The number of rotatable bonds is 5. The Morgan fingerprint density at radius 1 is 1.11 bits per heavy atom. The van der Waals surface area contributed by atoms with Gasteiger partial charge >= 0.3 is 0 Å². The first-order valence-corrected chi connectivity index (χ1v) is 9.92. The number of hydrogen-bond acceptors (Lipinski definition) is 4. The van der Waals surface area contributed by atoms with E-state index in [0.29, 0.717) is 21.8 Å². The molecule has 2 heterocycles. The van der Waals surface area contributed by atoms with E-state index in [9.17, 15) is 9.59 Å². The number of fused-ring (bicyclic) bond motifs is 1. The van der Waals surface area contributed by atoms with Crippen molar-refractivity contribution in [2.24, 2.45) is 0 Å². The van der Waals surface area contributed by atoms with Crippen molar-refractivity contribution in [3.63, 3.8) is 0 Å². The van der Waals surface area contributed by atoms with E-state index in [-0.39, 0.29) is 17.1 Å². The van der Waals surface area contributed by atoms with Crippen LogP contribution in [0.1, 0.15) is 21.6 Å². The van der Waals surface area contributed by atoms with Crippen molar-refractivity contribution in [1.82, 2.24) is 14.5 Å². The summed E-state index contributed by atoms with van der Waals surface area (Å²) in [6.45, 7) is 3.99. The zero-order chi connectivity index (χ0) is 19.7. The van der Waals surface area contributed by atoms with Crippen LogP contribution in [0.25, 0.3) is 16.6 Å². The second kappa shape index (κ2) is 7.48. The molecule has 2 aromatic heterocycles. The van der Waals surface area contributed by atoms with Crippen LogP contribution < -0.4 is 5.56 Å². The third-order valence-electron chi connectivity index (χ3n) is 4.57. The van der Waals surface area contributed by atoms with Crippen LogP contribution >= 0.6 is 11.8 Å². The van der Waals surface area contributed by atoms with Gasteiger partial charge in [-0.3, -0.25) is 14.2 Å². The van der Waals surface area contributed by atoms with Crippen molar-refractivity contribution in [2.45, 2.75) is 19.0 Å². The predicted molar refractivity (Wildman–Crippen MR) is 113 cm³/mol. The fourth-order valence-corrected chi connectivity index (χ4v) is 4.08. The Kier molecular flexibility index (Phi) is 4.88. The fourth-order valence-electron chi connectivity index (χ4n) is 3.19. The minimum absolute atomic E-state index is 0.0374. The van der Waals surface area contributed by atoms with Crippen LogP contribution in [-0.4, -0.2) is 26.1 Å². The highest BCUT2D eigenvalue weighted by Crippen LogP contribution is 2.24. The molecule has 0 saturated heterocycles. The Hall–Kier alpha value is -3.12. The highest BCUT2D eigenvalue weighted by Gasteiger charge is 2.16. The molecule has 4 rings (SSSR count). The molecule has 0 radical (unpaired) electrons. The van der Waals surface area contributed by atoms with Gasteiger partial charge in [0.15, 0.2) is 10.9 Å². The summed E-state index contributed by atoms with van der Waals surface area (Å²) in [5, 5.41) is 1.07. The maximum absolute atomic E-state index is 13.3. The molecule has 28 heavy (non-hydrogen) atoms. The Morgan fingerprint density at radius 2 is 1.93 bits per heavy atom. The van der Waals surface area contributed by atoms with Gasteiger partial charge in [0.25, 0.3) is 5.56 Å². The number of nitrogens with zero attached hydrogens (tertiary/aromatic N) is 2. The van der Waals surface area contributed by atoms with E-state index in [1.54, 1.807) is 29.0 Å². The van der Waals surface area contributed by atoms with Crippen LogP contribution in [0.4, 0.5) is 0 Å². The van der Waals surface area contributed by atoms with E-state index in [4.69, 9.17) is 4.98 Å². The number of H-pyrrole nitrogens is 1. The molecular formula is C22H19N3O2S. The lowest BCUT2D eigenvalue weighted by Crippen LogP contribution is -2.23. The normalized spacial score (nSPS) is 11.1. The largest absolute Gasteiger partial charge is 0.359 e. The van der Waals surface area contributed by atoms with Crippen LogP contribution in [-0.2, 0) is 0 Å². The Balaban J connectivity index is 1.84. The number of aromatic amines is 1. The molecule has 0 saturated carbocycles. The number of para-hydroxylation sites is 1. The zero-order valence-electron chi connectivity index (χ0n) is 15.6. The summed E-state index contributed by atoms with van der Waals surface area (Å²) in [5.41, 5.74) is 3.93. The zero-order valence-corrected chi connectivity index (χ0v) is 16.4. The number of aryl methyl sites for hydroxylation is 2. The van der Waals surface area contributed by atoms with Gasteiger partial charge in [-0.2, -0.15) is 0 Å². The van der Waals surface area contributed by atoms with Gasteiger partial charge < -0.3 is 4.98 Å². The molecule has 0 bridgehead atoms. The van der Waals surface area contributed by atoms with Gasteiger partial charge in [0.1, 0.15) is 0 Å². The van der Waals surface area contributed by atoms with Crippen molar-refractivity contribution >= 4 is 28.4 Å². The number of carbonyl (C=O) groups excluding carboxylic acids is 1. The van der Waals surface area contributed by atoms with Gasteiger partial charge in [-0.15, -0.1) is 0 Å². The van der Waals surface area contributed by atoms with E-state index >= 15 is 0 Å². The maximum Gasteiger partial charge on any atom is 0.266 e. The lowest BCUT2D eigenvalue weighted by atomic mass is 10.1. The molecule has 2 aromatic carbocycles. The van der Waals surface area contributed by atoms with Crippen molar-refractivity contribution in [3.05, 3.63) is 88.0 Å². The fraction of sp³-hybridized carbons (Fsp3) is 0.136. The molecule has 0 unspecified atom stereocenters. The standard InChI is InChI=1S/C22H19N3O2S/c1-14-9-10-19(15(2)12-14)25-21(27)16-6-3-4-7-17(16)24-22(25)28-13-20(26)18-8-5-11-23-18/h3-12,23H,13H2,1-2H3. The Morgan fingerprint density at radius 3 is 2.68 bits per heavy atom. The van der Waals surface area contributed by atoms with Crippen LogP contribution in [0, 0.1) is 13.8 Å². The summed E-state index contributed by atoms with van der Waals surface area (Å²) in [7, 11) is 0. The summed E-state index contributed by atoms with van der Waals surface area (Å²) in [5.74, 6) is 0.153. The van der Waals surface area contributed by atoms with E-state index in [1.807, 2.05) is 50.2 Å². The van der Waals surface area contributed by atoms with Crippen LogP contribution in [0.2, 0.25) is 0 Å². The van der Waals surface area contributed by atoms with Crippen molar-refractivity contribution in [1.29, 1.82) is 0 Å². The molecule has 0 aliphatic rings. The van der Waals surface area contributed by atoms with E-state index in [2.05, 4.69) is 4.98 Å². The summed E-state index contributed by atoms with van der Waals surface area (Å²) < 4.78 is 1.61. The molecule has 6 heteroatoms. The molecule has 0 fully saturated rings. The number of hydrogen-bond donors (Lipinski definition) is 1. The molecule has 0 amide bonds. The monoisotopic (exact) mass is 389 g/mol. The predicted octanol–water partition coefficient (Wildman–Crippen LogP) is 4.31. The molecule has 4 aromatic rings. The lowest BCUT2D eigenvalue weighted by Gasteiger charge is -2.15. The molecule has 5 nitrogen and oxygen atoms in total. The number of benzene rings is 2. The first kappa shape index (κ1) is 18.3. The highest BCUT2D eigenvalue weighted by atomic mass is 32.2. The van der Waals surface area contributed by atoms with Crippen molar-refractivity contribution in [3.8, 4) is 5.69 Å². The van der Waals surface area contributed by atoms with Crippen LogP contribution in [0.3, 0.4) is 0 Å². The second-order valence-corrected chi connectivity index (χ2v) is 7.58. The van der Waals surface area contributed by atoms with Gasteiger partial charge in [0, 0.05) is 6.20 Å². The van der Waals surface area contributed by atoms with E-state index in [0.717, 1.165) is 16.8 Å². The van der Waals surface area contributed by atoms with Gasteiger partial charge in [-0.1, -0.05) is 41.6 Å². The third kappa shape index (κ3) is 3.39. The number of ketones is 1. The maximum atomic E-state index is 13.3. The summed E-state index contributed by atoms with van der Waals surface area (Å²) in [6.07, 6.45) is 1.72. The Bertz CT molecular complexity index is 1230. The first-order valence-electron chi connectivity index (χ1n) is 8.93. The van der Waals surface area contributed by atoms with Crippen LogP contribution in [0.15, 0.2) is 70.7 Å². The van der Waals surface area contributed by atoms with Gasteiger partial charge in [-0.25, -0.2) is 4.98 Å². The number of nitrogens with one attached hydrogen (secondary N) is 1. The molecule has 0 spiro atoms. The third-order valence-corrected chi connectivity index (χ3v) is 5.51. The SMILES string of the molecule is Cc1ccc(-n2c(SCC(=O)c3ccc[nH]3)nc3ccccc3c2=O)c(C)c1. The molecule has 0 aliphatic heterocycles.